The Morgan fingerprint density at radius 2 is 2.27 bits per heavy atom. The molecule has 2 aliphatic rings. The highest BCUT2D eigenvalue weighted by atomic mass is 16.5. The molecule has 4 rings (SSSR count). The van der Waals surface area contributed by atoms with E-state index >= 15 is 0 Å². The molecule has 2 aromatic rings. The van der Waals surface area contributed by atoms with Gasteiger partial charge in [-0.05, 0) is 25.8 Å². The van der Waals surface area contributed by atoms with Crippen LogP contribution in [0.1, 0.15) is 24.1 Å². The number of anilines is 1. The predicted molar refractivity (Wildman–Crippen MR) is 85.5 cm³/mol. The summed E-state index contributed by atoms with van der Waals surface area (Å²) in [6.45, 7) is 3.87. The topological polar surface area (TPSA) is 54.7 Å². The van der Waals surface area contributed by atoms with Crippen LogP contribution in [0.5, 0.6) is 0 Å². The van der Waals surface area contributed by atoms with Gasteiger partial charge in [-0.25, -0.2) is 4.98 Å². The Morgan fingerprint density at radius 1 is 1.36 bits per heavy atom. The lowest BCUT2D eigenvalue weighted by molar-refractivity contribution is 0.180. The van der Waals surface area contributed by atoms with E-state index in [2.05, 4.69) is 15.3 Å². The number of rotatable bonds is 3. The quantitative estimate of drug-likeness (QED) is 0.918. The van der Waals surface area contributed by atoms with Gasteiger partial charge in [0.25, 0.3) is 0 Å². The molecule has 6 heteroatoms. The predicted octanol–water partition coefficient (Wildman–Crippen LogP) is 1.03. The van der Waals surface area contributed by atoms with E-state index in [0.29, 0.717) is 6.04 Å². The standard InChI is InChI=1S/C16H23N5O/c1-22-11-12-3-2-10-20(12)16-13-4-7-17-8-5-14(13)19-15-6-9-18-21(15)16/h6,9,12,17H,2-5,7-8,10-11H2,1H3/t12-/m1/s1. The molecule has 22 heavy (non-hydrogen) atoms. The molecule has 1 fully saturated rings. The molecule has 0 aromatic carbocycles. The molecular weight excluding hydrogens is 278 g/mol. The molecule has 0 unspecified atom stereocenters. The van der Waals surface area contributed by atoms with Gasteiger partial charge in [-0.15, -0.1) is 0 Å². The lowest BCUT2D eigenvalue weighted by atomic mass is 10.1. The number of fused-ring (bicyclic) bond motifs is 2. The Morgan fingerprint density at radius 3 is 3.18 bits per heavy atom. The second-order valence-corrected chi connectivity index (χ2v) is 6.16. The van der Waals surface area contributed by atoms with E-state index in [1.807, 2.05) is 16.8 Å². The fourth-order valence-corrected chi connectivity index (χ4v) is 3.79. The van der Waals surface area contributed by atoms with Gasteiger partial charge in [0.15, 0.2) is 5.65 Å². The summed E-state index contributed by atoms with van der Waals surface area (Å²) in [5, 5.41) is 8.03. The van der Waals surface area contributed by atoms with Crippen molar-refractivity contribution in [3.05, 3.63) is 23.5 Å². The fraction of sp³-hybridized carbons (Fsp3) is 0.625. The molecule has 6 nitrogen and oxygen atoms in total. The highest BCUT2D eigenvalue weighted by Crippen LogP contribution is 2.31. The summed E-state index contributed by atoms with van der Waals surface area (Å²) in [6, 6.07) is 2.45. The highest BCUT2D eigenvalue weighted by Gasteiger charge is 2.30. The lowest BCUT2D eigenvalue weighted by Crippen LogP contribution is -2.35. The molecule has 2 aromatic heterocycles. The zero-order chi connectivity index (χ0) is 14.9. The van der Waals surface area contributed by atoms with Gasteiger partial charge in [-0.2, -0.15) is 9.61 Å². The van der Waals surface area contributed by atoms with Crippen LogP contribution in [0.15, 0.2) is 12.3 Å². The van der Waals surface area contributed by atoms with Gasteiger partial charge < -0.3 is 15.0 Å². The van der Waals surface area contributed by atoms with Crippen molar-refractivity contribution in [2.45, 2.75) is 31.7 Å². The van der Waals surface area contributed by atoms with E-state index in [1.165, 1.54) is 29.9 Å². The lowest BCUT2D eigenvalue weighted by Gasteiger charge is -2.29. The number of nitrogens with one attached hydrogen (secondary N) is 1. The van der Waals surface area contributed by atoms with Crippen molar-refractivity contribution in [3.8, 4) is 0 Å². The number of methoxy groups -OCH3 is 1. The summed E-state index contributed by atoms with van der Waals surface area (Å²) in [5.74, 6) is 1.24. The molecular formula is C16H23N5O. The maximum Gasteiger partial charge on any atom is 0.157 e. The zero-order valence-electron chi connectivity index (χ0n) is 13.1. The summed E-state index contributed by atoms with van der Waals surface area (Å²) in [4.78, 5) is 7.34. The molecule has 0 radical (unpaired) electrons. The smallest absolute Gasteiger partial charge is 0.157 e. The van der Waals surface area contributed by atoms with Crippen LogP contribution in [0, 0.1) is 0 Å². The third-order valence-electron chi connectivity index (χ3n) is 4.79. The Labute approximate surface area is 130 Å². The summed E-state index contributed by atoms with van der Waals surface area (Å²) in [7, 11) is 1.79. The van der Waals surface area contributed by atoms with Crippen LogP contribution in [0.3, 0.4) is 0 Å². The van der Waals surface area contributed by atoms with Crippen LogP contribution in [-0.2, 0) is 17.6 Å². The molecule has 118 valence electrons. The van der Waals surface area contributed by atoms with Gasteiger partial charge in [0.1, 0.15) is 5.82 Å². The molecule has 0 bridgehead atoms. The van der Waals surface area contributed by atoms with Crippen molar-refractivity contribution in [3.63, 3.8) is 0 Å². The normalized spacial score (nSPS) is 22.0. The fourth-order valence-electron chi connectivity index (χ4n) is 3.79. The van der Waals surface area contributed by atoms with Crippen molar-refractivity contribution < 1.29 is 4.74 Å². The van der Waals surface area contributed by atoms with E-state index in [9.17, 15) is 0 Å². The Bertz CT molecular complexity index is 668. The van der Waals surface area contributed by atoms with Crippen LogP contribution in [0.4, 0.5) is 5.82 Å². The van der Waals surface area contributed by atoms with Crippen LogP contribution >= 0.6 is 0 Å². The number of hydrogen-bond donors (Lipinski definition) is 1. The first kappa shape index (κ1) is 14.0. The molecule has 4 heterocycles. The van der Waals surface area contributed by atoms with Crippen LogP contribution < -0.4 is 10.2 Å². The van der Waals surface area contributed by atoms with Crippen LogP contribution in [0.2, 0.25) is 0 Å². The average Bonchev–Trinajstić information content (AvgIpc) is 3.10. The van der Waals surface area contributed by atoms with Crippen molar-refractivity contribution in [2.24, 2.45) is 0 Å². The zero-order valence-corrected chi connectivity index (χ0v) is 13.1. The third-order valence-corrected chi connectivity index (χ3v) is 4.79. The average molecular weight is 301 g/mol. The summed E-state index contributed by atoms with van der Waals surface area (Å²) < 4.78 is 7.47. The van der Waals surface area contributed by atoms with Gasteiger partial charge >= 0.3 is 0 Å². The summed E-state index contributed by atoms with van der Waals surface area (Å²) in [5.41, 5.74) is 3.55. The summed E-state index contributed by atoms with van der Waals surface area (Å²) >= 11 is 0. The minimum atomic E-state index is 0.445. The first-order valence-corrected chi connectivity index (χ1v) is 8.20. The molecule has 1 atom stereocenters. The monoisotopic (exact) mass is 301 g/mol. The second-order valence-electron chi connectivity index (χ2n) is 6.16. The molecule has 1 saturated heterocycles. The first-order chi connectivity index (χ1) is 10.9. The molecule has 0 saturated carbocycles. The maximum absolute atomic E-state index is 5.44. The van der Waals surface area contributed by atoms with Crippen LogP contribution in [0.25, 0.3) is 5.65 Å². The highest BCUT2D eigenvalue weighted by molar-refractivity contribution is 5.58. The Kier molecular flexibility index (Phi) is 3.72. The number of hydrogen-bond acceptors (Lipinski definition) is 5. The van der Waals surface area contributed by atoms with E-state index in [0.717, 1.165) is 44.7 Å². The molecule has 1 N–H and O–H groups in total. The molecule has 2 aliphatic heterocycles. The van der Waals surface area contributed by atoms with Crippen molar-refractivity contribution in [1.82, 2.24) is 19.9 Å². The van der Waals surface area contributed by atoms with Gasteiger partial charge in [0.05, 0.1) is 24.5 Å². The molecule has 0 aliphatic carbocycles. The number of aromatic nitrogens is 3. The summed E-state index contributed by atoms with van der Waals surface area (Å²) in [6.07, 6.45) is 6.26. The molecule has 0 amide bonds. The van der Waals surface area contributed by atoms with Gasteiger partial charge in [-0.1, -0.05) is 0 Å². The van der Waals surface area contributed by atoms with Crippen molar-refractivity contribution >= 4 is 11.5 Å². The van der Waals surface area contributed by atoms with Gasteiger partial charge in [0, 0.05) is 38.2 Å². The number of nitrogens with zero attached hydrogens (tertiary/aromatic N) is 4. The Balaban J connectivity index is 1.87. The van der Waals surface area contributed by atoms with E-state index in [-0.39, 0.29) is 0 Å². The van der Waals surface area contributed by atoms with Gasteiger partial charge in [0.2, 0.25) is 0 Å². The molecule has 0 spiro atoms. The minimum absolute atomic E-state index is 0.445. The van der Waals surface area contributed by atoms with E-state index in [4.69, 9.17) is 9.72 Å². The largest absolute Gasteiger partial charge is 0.383 e. The Hall–Kier alpha value is -1.66. The SMILES string of the molecule is COC[C@H]1CCCN1c1c2c(nc3ccnn13)CCNCC2. The first-order valence-electron chi connectivity index (χ1n) is 8.20. The third kappa shape index (κ3) is 2.27. The van der Waals surface area contributed by atoms with Crippen LogP contribution in [-0.4, -0.2) is 54.0 Å². The van der Waals surface area contributed by atoms with Crippen molar-refractivity contribution in [2.75, 3.05) is 38.3 Å². The van der Waals surface area contributed by atoms with Gasteiger partial charge in [-0.3, -0.25) is 0 Å². The van der Waals surface area contributed by atoms with E-state index in [1.54, 1.807) is 7.11 Å². The second kappa shape index (κ2) is 5.85. The van der Waals surface area contributed by atoms with E-state index < -0.39 is 0 Å². The maximum atomic E-state index is 5.44. The minimum Gasteiger partial charge on any atom is -0.383 e. The number of ether oxygens (including phenoxy) is 1. The van der Waals surface area contributed by atoms with Crippen molar-refractivity contribution in [1.29, 1.82) is 0 Å².